The van der Waals surface area contributed by atoms with Gasteiger partial charge in [0.15, 0.2) is 44.7 Å². The Morgan fingerprint density at radius 2 is 0.581 bits per heavy atom. The van der Waals surface area contributed by atoms with Crippen LogP contribution in [-0.4, -0.2) is 8.80 Å². The quantitative estimate of drug-likeness (QED) is 0.123. The van der Waals surface area contributed by atoms with Crippen LogP contribution in [-0.2, 0) is 17.3 Å². The molecule has 0 aliphatic carbocycles. The normalized spacial score (nSPS) is 12.9. The number of rotatable bonds is 2. The van der Waals surface area contributed by atoms with Gasteiger partial charge in [0.1, 0.15) is 11.5 Å². The van der Waals surface area contributed by atoms with Gasteiger partial charge in [-0.2, -0.15) is 0 Å². The second-order valence-electron chi connectivity index (χ2n) is 30.3. The molecule has 12 aromatic carbocycles. The number of nitrogens with zero attached hydrogens (tertiary/aromatic N) is 4. The predicted molar refractivity (Wildman–Crippen MR) is 442 cm³/mol. The zero-order valence-corrected chi connectivity index (χ0v) is 62.9. The summed E-state index contributed by atoms with van der Waals surface area (Å²) in [6, 6.07) is 69.1. The largest absolute Gasteiger partial charge is 1.00 e. The molecule has 13 heteroatoms. The Bertz CT molecular complexity index is 6210. The van der Waals surface area contributed by atoms with Crippen molar-refractivity contribution in [2.24, 2.45) is 0 Å². The number of aryl methyl sites for hydroxylation is 6. The Balaban J connectivity index is 0.000000157. The average molecular weight is 1510 g/mol. The Kier molecular flexibility index (Phi) is 16.3. The molecular formula is C92H77Br2N4O7-. The van der Waals surface area contributed by atoms with Crippen molar-refractivity contribution in [2.45, 2.75) is 108 Å². The van der Waals surface area contributed by atoms with Gasteiger partial charge in [-0.1, -0.05) is 129 Å². The number of hydrogen-bond donors (Lipinski definition) is 0. The zero-order valence-electron chi connectivity index (χ0n) is 60.7. The van der Waals surface area contributed by atoms with Crippen LogP contribution >= 0.6 is 31.9 Å². The third kappa shape index (κ3) is 11.4. The molecule has 0 radical (unpaired) electrons. The smallest absolute Gasteiger partial charge is 0.197 e. The van der Waals surface area contributed by atoms with Gasteiger partial charge < -0.3 is 34.2 Å². The van der Waals surface area contributed by atoms with E-state index < -0.39 is 0 Å². The van der Waals surface area contributed by atoms with Crippen molar-refractivity contribution in [1.82, 2.24) is 8.80 Å². The van der Waals surface area contributed by atoms with Crippen LogP contribution in [0.5, 0.6) is 34.5 Å². The summed E-state index contributed by atoms with van der Waals surface area (Å²) in [6.07, 6.45) is 0.977. The minimum absolute atomic E-state index is 0. The Morgan fingerprint density at radius 3 is 0.886 bits per heavy atom. The Labute approximate surface area is 626 Å². The van der Waals surface area contributed by atoms with Crippen molar-refractivity contribution in [2.75, 3.05) is 9.80 Å². The SMILES string of the molecule is C.CC(C)(C)c1cc2c(=O)c3cc(Br)ccc3n3c4ccc(Br)cc4c(=O)c(c1)c23.Cc1ccc2c(c1)Oc1cc(C)ccc1C2.Cc1ccc2c(c1)Oc1cc(C)ccc1N2c1ccc2c(c1)c(=O)c1cc(C(C)(C)C)cc3c(=O)c4cc(N5c6ccc(C)cc6Oc6cc(C)ccc65)ccc4n2c13.[H-]. The van der Waals surface area contributed by atoms with Gasteiger partial charge in [0.05, 0.1) is 55.8 Å². The van der Waals surface area contributed by atoms with E-state index in [1.165, 1.54) is 22.3 Å². The van der Waals surface area contributed by atoms with Crippen LogP contribution in [0.3, 0.4) is 0 Å². The second-order valence-corrected chi connectivity index (χ2v) is 32.1. The van der Waals surface area contributed by atoms with Crippen molar-refractivity contribution < 1.29 is 15.6 Å². The molecule has 11 nitrogen and oxygen atoms in total. The van der Waals surface area contributed by atoms with Crippen LogP contribution in [0.25, 0.3) is 76.2 Å². The number of hydrogen-bond acceptors (Lipinski definition) is 9. The number of benzene rings is 12. The summed E-state index contributed by atoms with van der Waals surface area (Å²) in [7, 11) is 0. The van der Waals surface area contributed by atoms with Crippen LogP contribution < -0.4 is 45.7 Å². The van der Waals surface area contributed by atoms with E-state index in [1.807, 2.05) is 84.9 Å². The number of pyridine rings is 4. The maximum Gasteiger partial charge on any atom is 0.197 e. The summed E-state index contributed by atoms with van der Waals surface area (Å²) in [5.41, 5.74) is 20.1. The van der Waals surface area contributed by atoms with Crippen LogP contribution in [0.1, 0.15) is 106 Å². The van der Waals surface area contributed by atoms with Gasteiger partial charge in [-0.25, -0.2) is 0 Å². The molecular weight excluding hydrogens is 1430 g/mol. The molecule has 0 bridgehead atoms. The van der Waals surface area contributed by atoms with Crippen LogP contribution in [0.4, 0.5) is 34.1 Å². The topological polar surface area (TPSA) is 111 Å². The van der Waals surface area contributed by atoms with E-state index in [1.54, 1.807) is 0 Å². The van der Waals surface area contributed by atoms with Gasteiger partial charge in [-0.05, 0) is 266 Å². The van der Waals surface area contributed by atoms with E-state index in [0.29, 0.717) is 54.1 Å². The highest BCUT2D eigenvalue weighted by Gasteiger charge is 2.32. The van der Waals surface area contributed by atoms with Gasteiger partial charge in [0.2, 0.25) is 0 Å². The lowest BCUT2D eigenvalue weighted by Crippen LogP contribution is -2.20. The predicted octanol–water partition coefficient (Wildman–Crippen LogP) is 24.4. The number of halogens is 2. The van der Waals surface area contributed by atoms with E-state index in [-0.39, 0.29) is 41.4 Å². The van der Waals surface area contributed by atoms with E-state index >= 15 is 9.59 Å². The Hall–Kier alpha value is -11.1. The third-order valence-corrected chi connectivity index (χ3v) is 21.6. The van der Waals surface area contributed by atoms with Gasteiger partial charge in [0.25, 0.3) is 0 Å². The molecule has 4 aromatic heterocycles. The number of anilines is 6. The fourth-order valence-electron chi connectivity index (χ4n) is 15.2. The van der Waals surface area contributed by atoms with Crippen LogP contribution in [0, 0.1) is 41.5 Å². The Morgan fingerprint density at radius 1 is 0.314 bits per heavy atom. The van der Waals surface area contributed by atoms with E-state index in [4.69, 9.17) is 14.2 Å². The third-order valence-electron chi connectivity index (χ3n) is 20.6. The number of fused-ring (bicyclic) bond motifs is 14. The molecule has 0 fully saturated rings. The molecule has 3 aliphatic rings. The lowest BCUT2D eigenvalue weighted by Gasteiger charge is -2.33. The molecule has 0 spiro atoms. The first kappa shape index (κ1) is 68.3. The molecule has 0 amide bonds. The number of ether oxygens (including phenoxy) is 3. The van der Waals surface area contributed by atoms with Crippen LogP contribution in [0.2, 0.25) is 0 Å². The lowest BCUT2D eigenvalue weighted by atomic mass is 9.85. The summed E-state index contributed by atoms with van der Waals surface area (Å²) < 4.78 is 24.8. The zero-order chi connectivity index (χ0) is 72.4. The van der Waals surface area contributed by atoms with Crippen LogP contribution in [0.15, 0.2) is 234 Å². The van der Waals surface area contributed by atoms with Crippen molar-refractivity contribution in [3.8, 4) is 34.5 Å². The van der Waals surface area contributed by atoms with Gasteiger partial charge >= 0.3 is 0 Å². The minimum atomic E-state index is -0.323. The molecule has 19 rings (SSSR count). The molecule has 105 heavy (non-hydrogen) atoms. The highest BCUT2D eigenvalue weighted by molar-refractivity contribution is 9.10. The fraction of sp³-hybridized carbons (Fsp3) is 0.174. The molecule has 7 heterocycles. The summed E-state index contributed by atoms with van der Waals surface area (Å²) in [5.74, 6) is 5.05. The first-order valence-corrected chi connectivity index (χ1v) is 36.6. The molecule has 0 N–H and O–H groups in total. The maximum atomic E-state index is 15.0. The molecule has 0 atom stereocenters. The standard InChI is InChI=1S/C52H41N3O4.C24H17Br2NO2.C15H14O.CH4.H/c1-28-8-14-41-45(20-28)58-46-21-29(2)9-15-42(46)53(41)33-12-18-39-35(26-33)50(56)37-24-32(52(5,6)7)25-38-49(37)55(39)40-19-13-34(27-36(40)51(38)57)54-43-16-10-30(3)22-47(43)59-48-23-31(4)11-17-44(48)54;1-24(2,3)12-8-17-21-18(9-12)23(29)16-11-14(26)5-7-20(16)27(21)19-6-4-13(25)10-15(19)22(17)28;1-10-3-5-12-9-13-6-4-11(2)8-15(13)16-14(12)7-10;;/h8-27H,1-7H3;4-11H,1-3H3;3-8H,9H2,1-2H3;1H4;/q;;;;-1. The molecule has 0 saturated heterocycles. The molecule has 522 valence electrons. The summed E-state index contributed by atoms with van der Waals surface area (Å²) in [4.78, 5) is 61.3. The second kappa shape index (κ2) is 25.1. The molecule has 0 unspecified atom stereocenters. The maximum absolute atomic E-state index is 15.0. The average Bonchev–Trinajstić information content (AvgIpc) is 0.707. The first-order chi connectivity index (χ1) is 49.7. The summed E-state index contributed by atoms with van der Waals surface area (Å²) >= 11 is 6.99. The van der Waals surface area contributed by atoms with Gasteiger partial charge in [0, 0.05) is 69.8 Å². The molecule has 16 aromatic rings. The summed E-state index contributed by atoms with van der Waals surface area (Å²) in [6.45, 7) is 25.0. The van der Waals surface area contributed by atoms with E-state index in [0.717, 1.165) is 139 Å². The highest BCUT2D eigenvalue weighted by Crippen LogP contribution is 2.54. The van der Waals surface area contributed by atoms with Crippen molar-refractivity contribution >= 4 is 142 Å². The molecule has 0 saturated carbocycles. The monoisotopic (exact) mass is 1510 g/mol. The number of aromatic nitrogens is 2. The van der Waals surface area contributed by atoms with Gasteiger partial charge in [-0.3, -0.25) is 19.2 Å². The highest BCUT2D eigenvalue weighted by atomic mass is 79.9. The summed E-state index contributed by atoms with van der Waals surface area (Å²) in [5, 5.41) is 4.60. The first-order valence-electron chi connectivity index (χ1n) is 35.0. The van der Waals surface area contributed by atoms with E-state index in [9.17, 15) is 9.59 Å². The van der Waals surface area contributed by atoms with Crippen molar-refractivity contribution in [3.63, 3.8) is 0 Å². The molecule has 3 aliphatic heterocycles. The fourth-order valence-corrected chi connectivity index (χ4v) is 15.9. The van der Waals surface area contributed by atoms with E-state index in [2.05, 4.69) is 255 Å². The minimum Gasteiger partial charge on any atom is -1.00 e. The van der Waals surface area contributed by atoms with Crippen molar-refractivity contribution in [3.05, 3.63) is 312 Å². The lowest BCUT2D eigenvalue weighted by molar-refractivity contribution is 0.459. The van der Waals surface area contributed by atoms with Gasteiger partial charge in [-0.15, -0.1) is 0 Å². The van der Waals surface area contributed by atoms with Crippen molar-refractivity contribution in [1.29, 1.82) is 0 Å².